The average molecular weight is 371 g/mol. The molecule has 24 heavy (non-hydrogen) atoms. The fourth-order valence-corrected chi connectivity index (χ4v) is 4.01. The molecule has 1 amide bonds. The van der Waals surface area contributed by atoms with Gasteiger partial charge >= 0.3 is 0 Å². The second-order valence-corrected chi connectivity index (χ2v) is 7.40. The maximum atomic E-state index is 12.7. The Balaban J connectivity index is 0.00000208. The molecule has 134 valence electrons. The number of carbonyl (C=O) groups excluding carboxylic acids is 1. The molecule has 0 aromatic heterocycles. The molecule has 0 aliphatic carbocycles. The number of thioether (sulfide) groups is 1. The van der Waals surface area contributed by atoms with Crippen LogP contribution in [0.2, 0.25) is 0 Å². The summed E-state index contributed by atoms with van der Waals surface area (Å²) in [5, 5.41) is 3.47. The van der Waals surface area contributed by atoms with E-state index in [1.807, 2.05) is 42.3 Å². The lowest BCUT2D eigenvalue weighted by Gasteiger charge is -2.25. The van der Waals surface area contributed by atoms with Crippen molar-refractivity contribution < 1.29 is 9.53 Å². The number of ether oxygens (including phenoxy) is 1. The minimum Gasteiger partial charge on any atom is -0.481 e. The van der Waals surface area contributed by atoms with Crippen molar-refractivity contribution in [3.05, 3.63) is 24.3 Å². The first-order chi connectivity index (χ1) is 11.2. The predicted octanol–water partition coefficient (Wildman–Crippen LogP) is 3.06. The molecule has 0 spiro atoms. The molecule has 2 saturated heterocycles. The van der Waals surface area contributed by atoms with E-state index in [4.69, 9.17) is 4.74 Å². The van der Waals surface area contributed by atoms with E-state index in [0.717, 1.165) is 56.6 Å². The monoisotopic (exact) mass is 370 g/mol. The van der Waals surface area contributed by atoms with Crippen LogP contribution in [0, 0.1) is 11.8 Å². The van der Waals surface area contributed by atoms with Gasteiger partial charge in [-0.25, -0.2) is 0 Å². The number of fused-ring (bicyclic) bond motifs is 1. The van der Waals surface area contributed by atoms with Gasteiger partial charge in [0.1, 0.15) is 5.75 Å². The molecular weight excluding hydrogens is 344 g/mol. The van der Waals surface area contributed by atoms with E-state index in [1.54, 1.807) is 11.8 Å². The summed E-state index contributed by atoms with van der Waals surface area (Å²) in [4.78, 5) is 15.9. The number of nitrogens with one attached hydrogen (secondary N) is 1. The van der Waals surface area contributed by atoms with E-state index >= 15 is 0 Å². The highest BCUT2D eigenvalue weighted by Gasteiger charge is 2.32. The standard InChI is InChI=1S/C18H26N2O2S.ClH/c1-13(22-16-3-5-17(23-2)6-4-16)18(21)20-9-7-14-11-19-12-15(14)8-10-20;/h3-6,13-15,19H,7-12H2,1-2H3;1H/t13?,14-,15+;. The van der Waals surface area contributed by atoms with Crippen molar-refractivity contribution in [1.29, 1.82) is 0 Å². The van der Waals surface area contributed by atoms with E-state index in [1.165, 1.54) is 4.90 Å². The van der Waals surface area contributed by atoms with Gasteiger partial charge in [0.15, 0.2) is 6.10 Å². The molecule has 4 nitrogen and oxygen atoms in total. The number of hydrogen-bond donors (Lipinski definition) is 1. The second-order valence-electron chi connectivity index (χ2n) is 6.52. The van der Waals surface area contributed by atoms with Crippen LogP contribution >= 0.6 is 24.2 Å². The molecule has 0 radical (unpaired) electrons. The molecule has 3 atom stereocenters. The van der Waals surface area contributed by atoms with Gasteiger partial charge in [-0.2, -0.15) is 0 Å². The average Bonchev–Trinajstić information content (AvgIpc) is 2.93. The zero-order chi connectivity index (χ0) is 16.2. The predicted molar refractivity (Wildman–Crippen MR) is 101 cm³/mol. The number of amides is 1. The van der Waals surface area contributed by atoms with E-state index < -0.39 is 6.10 Å². The van der Waals surface area contributed by atoms with Crippen LogP contribution in [-0.2, 0) is 4.79 Å². The highest BCUT2D eigenvalue weighted by molar-refractivity contribution is 7.98. The molecule has 2 aliphatic heterocycles. The first kappa shape index (κ1) is 19.4. The Bertz CT molecular complexity index is 526. The van der Waals surface area contributed by atoms with Crippen molar-refractivity contribution in [1.82, 2.24) is 10.2 Å². The van der Waals surface area contributed by atoms with E-state index in [0.29, 0.717) is 0 Å². The summed E-state index contributed by atoms with van der Waals surface area (Å²) in [6.45, 7) is 5.81. The number of carbonyl (C=O) groups is 1. The fraction of sp³-hybridized carbons (Fsp3) is 0.611. The lowest BCUT2D eigenvalue weighted by Crippen LogP contribution is -2.41. The molecule has 1 unspecified atom stereocenters. The number of benzene rings is 1. The van der Waals surface area contributed by atoms with Gasteiger partial charge in [-0.1, -0.05) is 0 Å². The van der Waals surface area contributed by atoms with Crippen LogP contribution in [0.4, 0.5) is 0 Å². The molecule has 2 aliphatic rings. The minimum absolute atomic E-state index is 0. The third-order valence-corrected chi connectivity index (χ3v) is 5.79. The SMILES string of the molecule is CSc1ccc(OC(C)C(=O)N2CC[C@@H]3CNC[C@@H]3CC2)cc1.Cl. The van der Waals surface area contributed by atoms with E-state index in [9.17, 15) is 4.79 Å². The van der Waals surface area contributed by atoms with Crippen LogP contribution in [0.3, 0.4) is 0 Å². The molecule has 2 heterocycles. The largest absolute Gasteiger partial charge is 0.481 e. The number of nitrogens with zero attached hydrogens (tertiary/aromatic N) is 1. The quantitative estimate of drug-likeness (QED) is 0.827. The Labute approximate surface area is 155 Å². The summed E-state index contributed by atoms with van der Waals surface area (Å²) >= 11 is 1.70. The Hall–Kier alpha value is -0.910. The number of halogens is 1. The van der Waals surface area contributed by atoms with Crippen LogP contribution < -0.4 is 10.1 Å². The summed E-state index contributed by atoms with van der Waals surface area (Å²) in [6, 6.07) is 7.93. The van der Waals surface area contributed by atoms with Gasteiger partial charge in [-0.3, -0.25) is 4.79 Å². The Morgan fingerprint density at radius 3 is 2.33 bits per heavy atom. The Kier molecular flexibility index (Phi) is 7.26. The molecule has 6 heteroatoms. The maximum absolute atomic E-state index is 12.7. The van der Waals surface area contributed by atoms with Gasteiger partial charge in [-0.05, 0) is 75.2 Å². The molecule has 1 aromatic rings. The minimum atomic E-state index is -0.425. The molecular formula is C18H27ClN2O2S. The van der Waals surface area contributed by atoms with Gasteiger partial charge in [0.25, 0.3) is 5.91 Å². The molecule has 0 saturated carbocycles. The lowest BCUT2D eigenvalue weighted by atomic mass is 9.92. The smallest absolute Gasteiger partial charge is 0.263 e. The Morgan fingerprint density at radius 1 is 1.21 bits per heavy atom. The summed E-state index contributed by atoms with van der Waals surface area (Å²) < 4.78 is 5.85. The number of hydrogen-bond acceptors (Lipinski definition) is 4. The van der Waals surface area contributed by atoms with Crippen LogP contribution in [0.5, 0.6) is 5.75 Å². The van der Waals surface area contributed by atoms with Crippen molar-refractivity contribution in [3.63, 3.8) is 0 Å². The molecule has 1 N–H and O–H groups in total. The van der Waals surface area contributed by atoms with Gasteiger partial charge in [0, 0.05) is 18.0 Å². The van der Waals surface area contributed by atoms with Crippen molar-refractivity contribution in [2.45, 2.75) is 30.8 Å². The van der Waals surface area contributed by atoms with Crippen molar-refractivity contribution in [2.75, 3.05) is 32.4 Å². The zero-order valence-electron chi connectivity index (χ0n) is 14.4. The second kappa shape index (κ2) is 8.97. The number of likely N-dealkylation sites (tertiary alicyclic amines) is 1. The first-order valence-electron chi connectivity index (χ1n) is 8.47. The van der Waals surface area contributed by atoms with E-state index in [-0.39, 0.29) is 18.3 Å². The fourth-order valence-electron chi connectivity index (χ4n) is 3.60. The first-order valence-corrected chi connectivity index (χ1v) is 9.70. The van der Waals surface area contributed by atoms with Crippen LogP contribution in [0.1, 0.15) is 19.8 Å². The van der Waals surface area contributed by atoms with Crippen molar-refractivity contribution in [2.24, 2.45) is 11.8 Å². The molecule has 1 aromatic carbocycles. The van der Waals surface area contributed by atoms with Crippen LogP contribution in [-0.4, -0.2) is 49.3 Å². The van der Waals surface area contributed by atoms with E-state index in [2.05, 4.69) is 5.32 Å². The third kappa shape index (κ3) is 4.58. The maximum Gasteiger partial charge on any atom is 0.263 e. The normalized spacial score (nSPS) is 24.5. The highest BCUT2D eigenvalue weighted by atomic mass is 35.5. The molecule has 3 rings (SSSR count). The van der Waals surface area contributed by atoms with Gasteiger partial charge in [0.05, 0.1) is 0 Å². The summed E-state index contributed by atoms with van der Waals surface area (Å²) in [5.74, 6) is 2.36. The third-order valence-electron chi connectivity index (χ3n) is 5.05. The zero-order valence-corrected chi connectivity index (χ0v) is 16.0. The number of rotatable bonds is 4. The van der Waals surface area contributed by atoms with Gasteiger partial charge in [-0.15, -0.1) is 24.2 Å². The Morgan fingerprint density at radius 2 is 1.79 bits per heavy atom. The summed E-state index contributed by atoms with van der Waals surface area (Å²) in [5.41, 5.74) is 0. The van der Waals surface area contributed by atoms with Crippen LogP contribution in [0.25, 0.3) is 0 Å². The van der Waals surface area contributed by atoms with Crippen molar-refractivity contribution >= 4 is 30.1 Å². The summed E-state index contributed by atoms with van der Waals surface area (Å²) in [6.07, 6.45) is 3.84. The lowest BCUT2D eigenvalue weighted by molar-refractivity contribution is -0.137. The summed E-state index contributed by atoms with van der Waals surface area (Å²) in [7, 11) is 0. The van der Waals surface area contributed by atoms with Gasteiger partial charge < -0.3 is 15.0 Å². The molecule has 0 bridgehead atoms. The van der Waals surface area contributed by atoms with Crippen molar-refractivity contribution in [3.8, 4) is 5.75 Å². The van der Waals surface area contributed by atoms with Gasteiger partial charge in [0.2, 0.25) is 0 Å². The molecule has 2 fully saturated rings. The highest BCUT2D eigenvalue weighted by Crippen LogP contribution is 2.27. The topological polar surface area (TPSA) is 41.6 Å². The van der Waals surface area contributed by atoms with Crippen LogP contribution in [0.15, 0.2) is 29.2 Å².